The van der Waals surface area contributed by atoms with Crippen molar-refractivity contribution in [1.82, 2.24) is 9.78 Å². The second-order valence-corrected chi connectivity index (χ2v) is 6.17. The minimum absolute atomic E-state index is 0.00826. The summed E-state index contributed by atoms with van der Waals surface area (Å²) in [6, 6.07) is 5.35. The van der Waals surface area contributed by atoms with E-state index in [2.05, 4.69) is 14.6 Å². The Bertz CT molecular complexity index is 786. The molecule has 112 valence electrons. The zero-order valence-electron chi connectivity index (χ0n) is 11.2. The van der Waals surface area contributed by atoms with Crippen molar-refractivity contribution in [1.29, 1.82) is 0 Å². The summed E-state index contributed by atoms with van der Waals surface area (Å²) in [5.41, 5.74) is 0.0864. The number of benzene rings is 1. The molecule has 0 spiro atoms. The second kappa shape index (κ2) is 5.74. The molecule has 21 heavy (non-hydrogen) atoms. The van der Waals surface area contributed by atoms with E-state index in [1.807, 2.05) is 0 Å². The Morgan fingerprint density at radius 3 is 2.67 bits per heavy atom. The lowest BCUT2D eigenvalue weighted by Gasteiger charge is -2.08. The smallest absolute Gasteiger partial charge is 0.337 e. The molecule has 2 rings (SSSR count). The number of halogens is 1. The fraction of sp³-hybridized carbons (Fsp3) is 0.167. The van der Waals surface area contributed by atoms with Crippen LogP contribution in [0.1, 0.15) is 10.4 Å². The first-order valence-corrected chi connectivity index (χ1v) is 7.60. The average molecular weight is 330 g/mol. The average Bonchev–Trinajstić information content (AvgIpc) is 2.82. The highest BCUT2D eigenvalue weighted by molar-refractivity contribution is 7.92. The van der Waals surface area contributed by atoms with E-state index in [1.165, 1.54) is 30.0 Å². The Hall–Kier alpha value is -2.06. The molecule has 9 heteroatoms. The molecule has 0 unspecified atom stereocenters. The zero-order valence-corrected chi connectivity index (χ0v) is 12.8. The van der Waals surface area contributed by atoms with Crippen molar-refractivity contribution in [2.45, 2.75) is 4.90 Å². The van der Waals surface area contributed by atoms with Crippen LogP contribution in [0.5, 0.6) is 0 Å². The summed E-state index contributed by atoms with van der Waals surface area (Å²) < 4.78 is 32.9. The molecule has 0 aliphatic carbocycles. The summed E-state index contributed by atoms with van der Waals surface area (Å²) in [6.07, 6.45) is 1.59. The quantitative estimate of drug-likeness (QED) is 0.861. The number of anilines is 1. The van der Waals surface area contributed by atoms with E-state index >= 15 is 0 Å². The number of aryl methyl sites for hydroxylation is 1. The van der Waals surface area contributed by atoms with Gasteiger partial charge in [-0.1, -0.05) is 11.6 Å². The number of hydrogen-bond acceptors (Lipinski definition) is 5. The van der Waals surface area contributed by atoms with Gasteiger partial charge in [-0.3, -0.25) is 9.40 Å². The maximum atomic E-state index is 12.3. The number of nitrogens with zero attached hydrogens (tertiary/aromatic N) is 2. The predicted molar refractivity (Wildman–Crippen MR) is 76.8 cm³/mol. The van der Waals surface area contributed by atoms with Gasteiger partial charge in [0.1, 0.15) is 4.90 Å². The van der Waals surface area contributed by atoms with E-state index < -0.39 is 16.0 Å². The molecule has 0 bridgehead atoms. The second-order valence-electron chi connectivity index (χ2n) is 4.12. The lowest BCUT2D eigenvalue weighted by Crippen LogP contribution is -2.15. The van der Waals surface area contributed by atoms with E-state index in [0.29, 0.717) is 0 Å². The van der Waals surface area contributed by atoms with Crippen LogP contribution in [0, 0.1) is 0 Å². The van der Waals surface area contributed by atoms with Gasteiger partial charge < -0.3 is 4.74 Å². The molecule has 1 aromatic carbocycles. The first-order valence-electron chi connectivity index (χ1n) is 5.74. The fourth-order valence-electron chi connectivity index (χ4n) is 1.62. The molecule has 0 radical (unpaired) electrons. The van der Waals surface area contributed by atoms with Gasteiger partial charge in [0, 0.05) is 19.3 Å². The van der Waals surface area contributed by atoms with Crippen molar-refractivity contribution in [2.24, 2.45) is 7.05 Å². The SMILES string of the molecule is COC(=O)c1ccc(Cl)c(S(=O)(=O)Nc2ccn(C)n2)c1. The van der Waals surface area contributed by atoms with Gasteiger partial charge >= 0.3 is 5.97 Å². The number of methoxy groups -OCH3 is 1. The summed E-state index contributed by atoms with van der Waals surface area (Å²) in [5, 5.41) is 3.91. The predicted octanol–water partition coefficient (Wildman–Crippen LogP) is 1.66. The van der Waals surface area contributed by atoms with Crippen LogP contribution in [0.2, 0.25) is 5.02 Å². The van der Waals surface area contributed by atoms with Crippen LogP contribution in [0.3, 0.4) is 0 Å². The molecule has 0 saturated heterocycles. The minimum atomic E-state index is -3.96. The summed E-state index contributed by atoms with van der Waals surface area (Å²) in [4.78, 5) is 11.2. The molecule has 1 aromatic heterocycles. The van der Waals surface area contributed by atoms with Crippen LogP contribution in [0.25, 0.3) is 0 Å². The van der Waals surface area contributed by atoms with E-state index in [0.717, 1.165) is 6.07 Å². The number of nitrogens with one attached hydrogen (secondary N) is 1. The van der Waals surface area contributed by atoms with E-state index in [4.69, 9.17) is 11.6 Å². The number of hydrogen-bond donors (Lipinski definition) is 1. The van der Waals surface area contributed by atoms with Crippen LogP contribution < -0.4 is 4.72 Å². The number of carbonyl (C=O) groups excluding carboxylic acids is 1. The molecule has 0 aliphatic heterocycles. The number of sulfonamides is 1. The van der Waals surface area contributed by atoms with Gasteiger partial charge in [0.15, 0.2) is 5.82 Å². The van der Waals surface area contributed by atoms with Gasteiger partial charge in [0.2, 0.25) is 0 Å². The summed E-state index contributed by atoms with van der Waals surface area (Å²) in [5.74, 6) is -0.502. The van der Waals surface area contributed by atoms with Gasteiger partial charge in [-0.15, -0.1) is 0 Å². The Morgan fingerprint density at radius 2 is 2.10 bits per heavy atom. The monoisotopic (exact) mass is 329 g/mol. The normalized spacial score (nSPS) is 11.2. The van der Waals surface area contributed by atoms with Gasteiger partial charge in [-0.05, 0) is 18.2 Å². The topological polar surface area (TPSA) is 90.3 Å². The van der Waals surface area contributed by atoms with E-state index in [9.17, 15) is 13.2 Å². The maximum absolute atomic E-state index is 12.3. The van der Waals surface area contributed by atoms with Gasteiger partial charge in [0.05, 0.1) is 17.7 Å². The first kappa shape index (κ1) is 15.3. The molecule has 0 amide bonds. The Labute approximate surface area is 126 Å². The fourth-order valence-corrected chi connectivity index (χ4v) is 3.14. The maximum Gasteiger partial charge on any atom is 0.337 e. The molecule has 1 N–H and O–H groups in total. The van der Waals surface area contributed by atoms with Gasteiger partial charge in [-0.2, -0.15) is 5.10 Å². The minimum Gasteiger partial charge on any atom is -0.465 e. The highest BCUT2D eigenvalue weighted by Crippen LogP contribution is 2.24. The molecule has 0 atom stereocenters. The van der Waals surface area contributed by atoms with Crippen molar-refractivity contribution in [3.8, 4) is 0 Å². The van der Waals surface area contributed by atoms with Crippen molar-refractivity contribution >= 4 is 33.4 Å². The highest BCUT2D eigenvalue weighted by atomic mass is 35.5. The molecular formula is C12H12ClN3O4S. The molecule has 0 saturated carbocycles. The number of carbonyl (C=O) groups is 1. The summed E-state index contributed by atoms with van der Waals surface area (Å²) in [6.45, 7) is 0. The van der Waals surface area contributed by atoms with E-state index in [-0.39, 0.29) is 21.3 Å². The third-order valence-corrected chi connectivity index (χ3v) is 4.43. The molecule has 7 nitrogen and oxygen atoms in total. The molecule has 0 aliphatic rings. The van der Waals surface area contributed by atoms with Crippen molar-refractivity contribution in [2.75, 3.05) is 11.8 Å². The van der Waals surface area contributed by atoms with Crippen molar-refractivity contribution in [3.05, 3.63) is 41.0 Å². The van der Waals surface area contributed by atoms with Crippen LogP contribution in [0.15, 0.2) is 35.4 Å². The van der Waals surface area contributed by atoms with Crippen molar-refractivity contribution < 1.29 is 17.9 Å². The third-order valence-electron chi connectivity index (χ3n) is 2.59. The van der Waals surface area contributed by atoms with E-state index in [1.54, 1.807) is 13.2 Å². The highest BCUT2D eigenvalue weighted by Gasteiger charge is 2.21. The van der Waals surface area contributed by atoms with Crippen molar-refractivity contribution in [3.63, 3.8) is 0 Å². The van der Waals surface area contributed by atoms with Crippen LogP contribution in [-0.2, 0) is 21.8 Å². The van der Waals surface area contributed by atoms with Crippen LogP contribution >= 0.6 is 11.6 Å². The van der Waals surface area contributed by atoms with Gasteiger partial charge in [0.25, 0.3) is 10.0 Å². The van der Waals surface area contributed by atoms with Gasteiger partial charge in [-0.25, -0.2) is 13.2 Å². The van der Waals surface area contributed by atoms with Crippen LogP contribution in [0.4, 0.5) is 5.82 Å². The zero-order chi connectivity index (χ0) is 15.6. The Kier molecular flexibility index (Phi) is 4.19. The Balaban J connectivity index is 2.41. The standard InChI is InChI=1S/C12H12ClN3O4S/c1-16-6-5-11(14-16)15-21(18,19)10-7-8(12(17)20-2)3-4-9(10)13/h3-7H,1-2H3,(H,14,15). The molecular weight excluding hydrogens is 318 g/mol. The summed E-state index contributed by atoms with van der Waals surface area (Å²) >= 11 is 5.90. The number of aromatic nitrogens is 2. The number of esters is 1. The Morgan fingerprint density at radius 1 is 1.38 bits per heavy atom. The first-order chi connectivity index (χ1) is 9.83. The molecule has 0 fully saturated rings. The molecule has 1 heterocycles. The molecule has 2 aromatic rings. The van der Waals surface area contributed by atoms with Crippen LogP contribution in [-0.4, -0.2) is 31.3 Å². The number of ether oxygens (including phenoxy) is 1. The largest absolute Gasteiger partial charge is 0.465 e. The third kappa shape index (κ3) is 3.34. The number of rotatable bonds is 4. The lowest BCUT2D eigenvalue weighted by molar-refractivity contribution is 0.0600. The summed E-state index contributed by atoms with van der Waals surface area (Å²) in [7, 11) is -1.10. The lowest BCUT2D eigenvalue weighted by atomic mass is 10.2.